The van der Waals surface area contributed by atoms with Crippen molar-refractivity contribution in [3.63, 3.8) is 0 Å². The first-order valence-corrected chi connectivity index (χ1v) is 12.1. The van der Waals surface area contributed by atoms with Gasteiger partial charge in [-0.1, -0.05) is 35.9 Å². The van der Waals surface area contributed by atoms with Crippen molar-refractivity contribution in [3.8, 4) is 5.75 Å². The highest BCUT2D eigenvalue weighted by Crippen LogP contribution is 2.38. The van der Waals surface area contributed by atoms with Gasteiger partial charge in [-0.3, -0.25) is 9.59 Å². The van der Waals surface area contributed by atoms with Crippen LogP contribution in [0.3, 0.4) is 0 Å². The summed E-state index contributed by atoms with van der Waals surface area (Å²) >= 11 is 6.14. The van der Waals surface area contributed by atoms with E-state index in [1.54, 1.807) is 41.9 Å². The molecule has 2 heterocycles. The van der Waals surface area contributed by atoms with Crippen LogP contribution >= 0.6 is 11.6 Å². The number of rotatable bonds is 6. The Morgan fingerprint density at radius 1 is 1.00 bits per heavy atom. The van der Waals surface area contributed by atoms with Crippen LogP contribution in [0.4, 0.5) is 21.6 Å². The molecule has 1 atom stereocenters. The summed E-state index contributed by atoms with van der Waals surface area (Å²) in [6.07, 6.45) is 1.43. The van der Waals surface area contributed by atoms with Crippen LogP contribution in [0, 0.1) is 5.82 Å². The van der Waals surface area contributed by atoms with Crippen LogP contribution in [0.25, 0.3) is 0 Å². The molecule has 0 aliphatic carbocycles. The van der Waals surface area contributed by atoms with E-state index in [2.05, 4.69) is 21.0 Å². The Hall–Kier alpha value is -4.63. The van der Waals surface area contributed by atoms with E-state index in [0.29, 0.717) is 39.2 Å². The van der Waals surface area contributed by atoms with E-state index in [0.717, 1.165) is 5.56 Å². The molecule has 3 aromatic carbocycles. The normalized spacial score (nSPS) is 14.4. The van der Waals surface area contributed by atoms with Gasteiger partial charge >= 0.3 is 0 Å². The Morgan fingerprint density at radius 2 is 1.71 bits per heavy atom. The smallest absolute Gasteiger partial charge is 0.261 e. The first-order valence-electron chi connectivity index (χ1n) is 11.7. The average Bonchev–Trinajstić information content (AvgIpc) is 3.33. The standard InChI is InChI=1S/C28H23ClFN5O3/c1-16-24(28(37)34-22-5-3-4-6-23(22)38-2)25(17-7-9-18(29)10-8-17)35-26(32-16)21(15-31-35)27(36)33-20-13-11-19(30)12-14-20/h3-15,25,32H,1-2H3,(H,33,36)(H,34,37)/t25-/m0/s1. The highest BCUT2D eigenvalue weighted by atomic mass is 35.5. The van der Waals surface area contributed by atoms with Crippen molar-refractivity contribution in [2.24, 2.45) is 0 Å². The van der Waals surface area contributed by atoms with E-state index in [4.69, 9.17) is 16.3 Å². The third-order valence-electron chi connectivity index (χ3n) is 6.16. The maximum Gasteiger partial charge on any atom is 0.261 e. The highest BCUT2D eigenvalue weighted by Gasteiger charge is 2.35. The summed E-state index contributed by atoms with van der Waals surface area (Å²) in [5.41, 5.74) is 2.90. The van der Waals surface area contributed by atoms with Crippen LogP contribution in [0.15, 0.2) is 90.3 Å². The summed E-state index contributed by atoms with van der Waals surface area (Å²) in [5.74, 6) is -0.271. The topological polar surface area (TPSA) is 97.3 Å². The van der Waals surface area contributed by atoms with Gasteiger partial charge in [-0.05, 0) is 61.0 Å². The number of hydrogen-bond donors (Lipinski definition) is 3. The maximum absolute atomic E-state index is 13.7. The second kappa shape index (κ2) is 10.4. The molecular weight excluding hydrogens is 509 g/mol. The largest absolute Gasteiger partial charge is 0.495 e. The summed E-state index contributed by atoms with van der Waals surface area (Å²) in [4.78, 5) is 26.8. The number of hydrogen-bond acceptors (Lipinski definition) is 5. The number of amides is 2. The van der Waals surface area contributed by atoms with Crippen molar-refractivity contribution in [3.05, 3.63) is 112 Å². The average molecular weight is 532 g/mol. The number of para-hydroxylation sites is 2. The zero-order valence-corrected chi connectivity index (χ0v) is 21.2. The third-order valence-corrected chi connectivity index (χ3v) is 6.41. The SMILES string of the molecule is COc1ccccc1NC(=O)C1=C(C)Nc2c(C(=O)Nc3ccc(F)cc3)cnn2[C@H]1c1ccc(Cl)cc1. The lowest BCUT2D eigenvalue weighted by atomic mass is 9.94. The van der Waals surface area contributed by atoms with Gasteiger partial charge in [0, 0.05) is 16.4 Å². The monoisotopic (exact) mass is 531 g/mol. The van der Waals surface area contributed by atoms with Crippen molar-refractivity contribution in [2.75, 3.05) is 23.1 Å². The van der Waals surface area contributed by atoms with E-state index in [1.165, 1.54) is 37.6 Å². The minimum Gasteiger partial charge on any atom is -0.495 e. The van der Waals surface area contributed by atoms with Crippen molar-refractivity contribution < 1.29 is 18.7 Å². The van der Waals surface area contributed by atoms with E-state index in [1.807, 2.05) is 18.2 Å². The molecule has 0 spiro atoms. The van der Waals surface area contributed by atoms with E-state index >= 15 is 0 Å². The van der Waals surface area contributed by atoms with Gasteiger partial charge < -0.3 is 20.7 Å². The van der Waals surface area contributed by atoms with Crippen molar-refractivity contribution in [1.29, 1.82) is 0 Å². The number of aromatic nitrogens is 2. The molecule has 1 aromatic heterocycles. The van der Waals surface area contributed by atoms with Crippen LogP contribution in [-0.2, 0) is 4.79 Å². The minimum absolute atomic E-state index is 0.261. The number of fused-ring (bicyclic) bond motifs is 1. The fourth-order valence-electron chi connectivity index (χ4n) is 4.34. The van der Waals surface area contributed by atoms with Gasteiger partial charge in [0.25, 0.3) is 11.8 Å². The van der Waals surface area contributed by atoms with Gasteiger partial charge in [0.15, 0.2) is 0 Å². The zero-order chi connectivity index (χ0) is 26.8. The Balaban J connectivity index is 1.54. The van der Waals surface area contributed by atoms with Crippen LogP contribution in [-0.4, -0.2) is 28.7 Å². The Kier molecular flexibility index (Phi) is 6.85. The molecule has 1 aliphatic heterocycles. The minimum atomic E-state index is -0.661. The molecule has 0 fully saturated rings. The molecule has 38 heavy (non-hydrogen) atoms. The van der Waals surface area contributed by atoms with Gasteiger partial charge in [0.1, 0.15) is 29.0 Å². The molecule has 2 amide bonds. The number of methoxy groups -OCH3 is 1. The summed E-state index contributed by atoms with van der Waals surface area (Å²) in [7, 11) is 1.53. The van der Waals surface area contributed by atoms with E-state index in [-0.39, 0.29) is 11.5 Å². The number of carbonyl (C=O) groups is 2. The Labute approximate surface area is 223 Å². The van der Waals surface area contributed by atoms with Crippen LogP contribution in [0.1, 0.15) is 28.9 Å². The van der Waals surface area contributed by atoms with Crippen molar-refractivity contribution in [1.82, 2.24) is 9.78 Å². The highest BCUT2D eigenvalue weighted by molar-refractivity contribution is 6.30. The number of halogens is 2. The summed E-state index contributed by atoms with van der Waals surface area (Å²) in [6, 6.07) is 19.0. The summed E-state index contributed by atoms with van der Waals surface area (Å²) in [6.45, 7) is 1.76. The van der Waals surface area contributed by atoms with Gasteiger partial charge in [-0.15, -0.1) is 0 Å². The molecule has 10 heteroatoms. The lowest BCUT2D eigenvalue weighted by Crippen LogP contribution is -2.32. The molecule has 0 radical (unpaired) electrons. The molecule has 8 nitrogen and oxygen atoms in total. The molecule has 5 rings (SSSR count). The number of ether oxygens (including phenoxy) is 1. The van der Waals surface area contributed by atoms with Gasteiger partial charge in [0.05, 0.1) is 24.6 Å². The molecule has 192 valence electrons. The van der Waals surface area contributed by atoms with Gasteiger partial charge in [-0.2, -0.15) is 5.10 Å². The fourth-order valence-corrected chi connectivity index (χ4v) is 4.46. The predicted molar refractivity (Wildman–Crippen MR) is 144 cm³/mol. The van der Waals surface area contributed by atoms with Crippen LogP contribution < -0.4 is 20.7 Å². The molecule has 0 saturated carbocycles. The number of nitrogens with zero attached hydrogens (tertiary/aromatic N) is 2. The van der Waals surface area contributed by atoms with Gasteiger partial charge in [0.2, 0.25) is 0 Å². The summed E-state index contributed by atoms with van der Waals surface area (Å²) in [5, 5.41) is 13.9. The number of nitrogens with one attached hydrogen (secondary N) is 3. The predicted octanol–water partition coefficient (Wildman–Crippen LogP) is 5.86. The second-order valence-electron chi connectivity index (χ2n) is 8.58. The van der Waals surface area contributed by atoms with Crippen molar-refractivity contribution >= 4 is 40.6 Å². The lowest BCUT2D eigenvalue weighted by Gasteiger charge is -2.30. The summed E-state index contributed by atoms with van der Waals surface area (Å²) < 4.78 is 20.3. The third kappa shape index (κ3) is 4.83. The molecule has 0 bridgehead atoms. The fraction of sp³-hybridized carbons (Fsp3) is 0.107. The first kappa shape index (κ1) is 25.0. The number of allylic oxidation sites excluding steroid dienone is 1. The van der Waals surface area contributed by atoms with Gasteiger partial charge in [-0.25, -0.2) is 9.07 Å². The Bertz CT molecular complexity index is 1550. The van der Waals surface area contributed by atoms with E-state index in [9.17, 15) is 14.0 Å². The molecule has 0 saturated heterocycles. The zero-order valence-electron chi connectivity index (χ0n) is 20.5. The van der Waals surface area contributed by atoms with Crippen LogP contribution in [0.5, 0.6) is 5.75 Å². The molecule has 4 aromatic rings. The molecule has 0 unspecified atom stereocenters. The molecule has 3 N–H and O–H groups in total. The quantitative estimate of drug-likeness (QED) is 0.289. The number of anilines is 3. The molecule has 1 aliphatic rings. The maximum atomic E-state index is 13.7. The Morgan fingerprint density at radius 3 is 2.42 bits per heavy atom. The first-order chi connectivity index (χ1) is 18.4. The number of carbonyl (C=O) groups excluding carboxylic acids is 2. The lowest BCUT2D eigenvalue weighted by molar-refractivity contribution is -0.113. The van der Waals surface area contributed by atoms with E-state index < -0.39 is 17.8 Å². The second-order valence-corrected chi connectivity index (χ2v) is 9.02. The van der Waals surface area contributed by atoms with Crippen LogP contribution in [0.2, 0.25) is 5.02 Å². The number of benzene rings is 3. The molecular formula is C28H23ClFN5O3. The van der Waals surface area contributed by atoms with Crippen molar-refractivity contribution in [2.45, 2.75) is 13.0 Å².